The molecule has 0 saturated heterocycles. The van der Waals surface area contributed by atoms with Crippen LogP contribution in [0.15, 0.2) is 36.5 Å². The predicted molar refractivity (Wildman–Crippen MR) is 75.3 cm³/mol. The summed E-state index contributed by atoms with van der Waals surface area (Å²) in [6, 6.07) is 6.70. The third-order valence-electron chi connectivity index (χ3n) is 2.38. The van der Waals surface area contributed by atoms with E-state index in [9.17, 15) is 14.9 Å². The first-order valence-electron chi connectivity index (χ1n) is 5.34. The van der Waals surface area contributed by atoms with Gasteiger partial charge in [-0.05, 0) is 18.2 Å². The van der Waals surface area contributed by atoms with Crippen LogP contribution in [0.25, 0.3) is 0 Å². The van der Waals surface area contributed by atoms with Crippen LogP contribution in [0, 0.1) is 10.1 Å². The van der Waals surface area contributed by atoms with E-state index in [0.29, 0.717) is 10.8 Å². The normalized spacial score (nSPS) is 10.1. The molecule has 0 aliphatic rings. The molecule has 1 heterocycles. The number of benzene rings is 1. The number of aromatic nitrogens is 1. The standard InChI is InChI=1S/C12H7Cl2N3O3/c13-7-1-4-11(15-6-7)16-12(18)9-3-2-8(17(19)20)5-10(9)14/h1-6H,(H,15,16,18). The van der Waals surface area contributed by atoms with Gasteiger partial charge in [-0.3, -0.25) is 14.9 Å². The molecule has 102 valence electrons. The van der Waals surface area contributed by atoms with Crippen LogP contribution in [-0.2, 0) is 0 Å². The molecule has 0 aliphatic heterocycles. The van der Waals surface area contributed by atoms with E-state index >= 15 is 0 Å². The summed E-state index contributed by atoms with van der Waals surface area (Å²) in [5.74, 6) is -0.214. The molecule has 0 aliphatic carbocycles. The zero-order valence-corrected chi connectivity index (χ0v) is 11.4. The van der Waals surface area contributed by atoms with Crippen molar-refractivity contribution in [1.82, 2.24) is 4.98 Å². The van der Waals surface area contributed by atoms with Gasteiger partial charge >= 0.3 is 0 Å². The fourth-order valence-electron chi connectivity index (χ4n) is 1.44. The van der Waals surface area contributed by atoms with Crippen LogP contribution in [0.3, 0.4) is 0 Å². The number of amides is 1. The van der Waals surface area contributed by atoms with Gasteiger partial charge in [-0.2, -0.15) is 0 Å². The van der Waals surface area contributed by atoms with Gasteiger partial charge in [0.2, 0.25) is 0 Å². The molecular formula is C12H7Cl2N3O3. The van der Waals surface area contributed by atoms with Crippen LogP contribution in [-0.4, -0.2) is 15.8 Å². The number of halogens is 2. The number of hydrogen-bond acceptors (Lipinski definition) is 4. The van der Waals surface area contributed by atoms with Crippen LogP contribution >= 0.6 is 23.2 Å². The molecule has 0 saturated carbocycles. The lowest BCUT2D eigenvalue weighted by Crippen LogP contribution is -2.13. The molecule has 20 heavy (non-hydrogen) atoms. The van der Waals surface area contributed by atoms with E-state index in [2.05, 4.69) is 10.3 Å². The van der Waals surface area contributed by atoms with Crippen molar-refractivity contribution in [3.8, 4) is 0 Å². The second-order valence-corrected chi connectivity index (χ2v) is 4.58. The van der Waals surface area contributed by atoms with Crippen LogP contribution < -0.4 is 5.32 Å². The van der Waals surface area contributed by atoms with Crippen molar-refractivity contribution in [1.29, 1.82) is 0 Å². The molecule has 0 fully saturated rings. The highest BCUT2D eigenvalue weighted by molar-refractivity contribution is 6.34. The van der Waals surface area contributed by atoms with E-state index in [0.717, 1.165) is 6.07 Å². The first kappa shape index (κ1) is 14.2. The number of carbonyl (C=O) groups is 1. The molecule has 6 nitrogen and oxygen atoms in total. The molecule has 0 bridgehead atoms. The Kier molecular flexibility index (Phi) is 4.16. The zero-order chi connectivity index (χ0) is 14.7. The van der Waals surface area contributed by atoms with Gasteiger partial charge in [-0.1, -0.05) is 23.2 Å². The Labute approximate surface area is 123 Å². The third-order valence-corrected chi connectivity index (χ3v) is 2.91. The molecule has 0 spiro atoms. The Hall–Kier alpha value is -2.18. The number of pyridine rings is 1. The second-order valence-electron chi connectivity index (χ2n) is 3.74. The third kappa shape index (κ3) is 3.23. The molecule has 8 heteroatoms. The molecule has 2 rings (SSSR count). The maximum Gasteiger partial charge on any atom is 0.270 e. The summed E-state index contributed by atoms with van der Waals surface area (Å²) < 4.78 is 0. The van der Waals surface area contributed by atoms with Crippen LogP contribution in [0.4, 0.5) is 11.5 Å². The number of carbonyl (C=O) groups excluding carboxylic acids is 1. The zero-order valence-electron chi connectivity index (χ0n) is 9.84. The van der Waals surface area contributed by atoms with E-state index in [1.54, 1.807) is 6.07 Å². The van der Waals surface area contributed by atoms with Gasteiger partial charge in [0.1, 0.15) is 5.82 Å². The number of hydrogen-bond donors (Lipinski definition) is 1. The number of rotatable bonds is 3. The average Bonchev–Trinajstić information content (AvgIpc) is 2.41. The Morgan fingerprint density at radius 3 is 2.55 bits per heavy atom. The van der Waals surface area contributed by atoms with Gasteiger partial charge in [0.25, 0.3) is 11.6 Å². The smallest absolute Gasteiger partial charge is 0.270 e. The van der Waals surface area contributed by atoms with Gasteiger partial charge in [-0.25, -0.2) is 4.98 Å². The molecule has 1 amide bonds. The summed E-state index contributed by atoms with van der Waals surface area (Å²) in [4.78, 5) is 25.9. The van der Waals surface area contributed by atoms with E-state index in [-0.39, 0.29) is 16.3 Å². The number of non-ortho nitro benzene ring substituents is 1. The molecule has 0 unspecified atom stereocenters. The van der Waals surface area contributed by atoms with Crippen molar-refractivity contribution in [2.45, 2.75) is 0 Å². The van der Waals surface area contributed by atoms with Crippen molar-refractivity contribution in [2.24, 2.45) is 0 Å². The minimum Gasteiger partial charge on any atom is -0.307 e. The van der Waals surface area contributed by atoms with Gasteiger partial charge in [0.05, 0.1) is 20.5 Å². The predicted octanol–water partition coefficient (Wildman–Crippen LogP) is 3.55. The van der Waals surface area contributed by atoms with Crippen molar-refractivity contribution < 1.29 is 9.72 Å². The summed E-state index contributed by atoms with van der Waals surface area (Å²) in [6.45, 7) is 0. The summed E-state index contributed by atoms with van der Waals surface area (Å²) in [7, 11) is 0. The lowest BCUT2D eigenvalue weighted by atomic mass is 10.2. The van der Waals surface area contributed by atoms with Crippen molar-refractivity contribution >= 4 is 40.6 Å². The van der Waals surface area contributed by atoms with E-state index in [1.165, 1.54) is 24.4 Å². The number of nitro benzene ring substituents is 1. The van der Waals surface area contributed by atoms with Crippen LogP contribution in [0.2, 0.25) is 10.0 Å². The van der Waals surface area contributed by atoms with Gasteiger partial charge in [0, 0.05) is 18.3 Å². The Balaban J connectivity index is 2.21. The lowest BCUT2D eigenvalue weighted by molar-refractivity contribution is -0.384. The second kappa shape index (κ2) is 5.85. The summed E-state index contributed by atoms with van der Waals surface area (Å²) in [5, 5.41) is 13.5. The number of anilines is 1. The van der Waals surface area contributed by atoms with E-state index < -0.39 is 10.8 Å². The Morgan fingerprint density at radius 1 is 1.25 bits per heavy atom. The molecule has 1 aromatic carbocycles. The molecule has 2 aromatic rings. The van der Waals surface area contributed by atoms with E-state index in [4.69, 9.17) is 23.2 Å². The molecule has 1 N–H and O–H groups in total. The van der Waals surface area contributed by atoms with Crippen molar-refractivity contribution in [2.75, 3.05) is 5.32 Å². The fourth-order valence-corrected chi connectivity index (χ4v) is 1.81. The minimum atomic E-state index is -0.589. The monoisotopic (exact) mass is 311 g/mol. The first-order valence-corrected chi connectivity index (χ1v) is 6.10. The van der Waals surface area contributed by atoms with Crippen LogP contribution in [0.5, 0.6) is 0 Å². The number of nitrogens with zero attached hydrogens (tertiary/aromatic N) is 2. The maximum atomic E-state index is 12.0. The van der Waals surface area contributed by atoms with Gasteiger partial charge < -0.3 is 5.32 Å². The SMILES string of the molecule is O=C(Nc1ccc(Cl)cn1)c1ccc([N+](=O)[O-])cc1Cl. The van der Waals surface area contributed by atoms with E-state index in [1.807, 2.05) is 0 Å². The van der Waals surface area contributed by atoms with Gasteiger partial charge in [-0.15, -0.1) is 0 Å². The lowest BCUT2D eigenvalue weighted by Gasteiger charge is -2.05. The van der Waals surface area contributed by atoms with Crippen LogP contribution in [0.1, 0.15) is 10.4 Å². The molecule has 1 aromatic heterocycles. The first-order chi connectivity index (χ1) is 9.47. The molecule has 0 atom stereocenters. The highest BCUT2D eigenvalue weighted by Gasteiger charge is 2.15. The highest BCUT2D eigenvalue weighted by Crippen LogP contribution is 2.23. The Morgan fingerprint density at radius 2 is 2.00 bits per heavy atom. The minimum absolute atomic E-state index is 0.00864. The highest BCUT2D eigenvalue weighted by atomic mass is 35.5. The number of nitrogens with one attached hydrogen (secondary N) is 1. The topological polar surface area (TPSA) is 85.1 Å². The molecule has 0 radical (unpaired) electrons. The Bertz CT molecular complexity index is 674. The summed E-state index contributed by atoms with van der Waals surface area (Å²) in [6.07, 6.45) is 1.38. The number of nitro groups is 1. The largest absolute Gasteiger partial charge is 0.307 e. The fraction of sp³-hybridized carbons (Fsp3) is 0. The summed E-state index contributed by atoms with van der Waals surface area (Å²) in [5.41, 5.74) is -0.0646. The maximum absolute atomic E-state index is 12.0. The summed E-state index contributed by atoms with van der Waals surface area (Å²) >= 11 is 11.5. The van der Waals surface area contributed by atoms with Crippen molar-refractivity contribution in [3.63, 3.8) is 0 Å². The molecular weight excluding hydrogens is 305 g/mol. The quantitative estimate of drug-likeness (QED) is 0.693. The average molecular weight is 312 g/mol. The van der Waals surface area contributed by atoms with Crippen molar-refractivity contribution in [3.05, 3.63) is 62.3 Å². The van der Waals surface area contributed by atoms with Gasteiger partial charge in [0.15, 0.2) is 0 Å².